The Morgan fingerprint density at radius 1 is 1.13 bits per heavy atom. The largest absolute Gasteiger partial charge is 0.508 e. The van der Waals surface area contributed by atoms with Gasteiger partial charge in [-0.05, 0) is 41.0 Å². The van der Waals surface area contributed by atoms with Crippen molar-refractivity contribution in [3.63, 3.8) is 0 Å². The van der Waals surface area contributed by atoms with Gasteiger partial charge in [-0.25, -0.2) is 0 Å². The molecule has 0 fully saturated rings. The first kappa shape index (κ1) is 8.50. The van der Waals surface area contributed by atoms with E-state index >= 15 is 0 Å². The zero-order valence-electron chi connectivity index (χ0n) is 8.01. The molecule has 0 radical (unpaired) electrons. The Morgan fingerprint density at radius 2 is 2.00 bits per heavy atom. The lowest BCUT2D eigenvalue weighted by Gasteiger charge is -2.26. The third kappa shape index (κ3) is 1.09. The Morgan fingerprint density at radius 3 is 2.87 bits per heavy atom. The zero-order chi connectivity index (χ0) is 10.5. The molecule has 0 amide bonds. The summed E-state index contributed by atoms with van der Waals surface area (Å²) in [5.41, 5.74) is 1.76. The SMILES string of the molecule is Oc1ccc2c(c1)C1=CC=CC1(O)C=C2. The van der Waals surface area contributed by atoms with Crippen LogP contribution in [0.4, 0.5) is 0 Å². The molecule has 1 aromatic rings. The number of phenolic OH excluding ortho intramolecular Hbond substituents is 1. The third-order valence-electron chi connectivity index (χ3n) is 2.89. The number of aromatic hydroxyl groups is 1. The van der Waals surface area contributed by atoms with Crippen LogP contribution >= 0.6 is 0 Å². The molecule has 2 N–H and O–H groups in total. The van der Waals surface area contributed by atoms with Crippen molar-refractivity contribution in [2.24, 2.45) is 0 Å². The molecule has 2 nitrogen and oxygen atoms in total. The summed E-state index contributed by atoms with van der Waals surface area (Å²) in [6.45, 7) is 0. The van der Waals surface area contributed by atoms with Gasteiger partial charge in [-0.3, -0.25) is 0 Å². The number of phenols is 1. The maximum absolute atomic E-state index is 10.2. The second-order valence-electron chi connectivity index (χ2n) is 3.87. The third-order valence-corrected chi connectivity index (χ3v) is 2.89. The van der Waals surface area contributed by atoms with E-state index in [1.165, 1.54) is 0 Å². The molecule has 0 saturated heterocycles. The summed E-state index contributed by atoms with van der Waals surface area (Å²) in [6, 6.07) is 5.18. The van der Waals surface area contributed by atoms with E-state index in [0.717, 1.165) is 16.7 Å². The van der Waals surface area contributed by atoms with Crippen molar-refractivity contribution < 1.29 is 10.2 Å². The summed E-state index contributed by atoms with van der Waals surface area (Å²) >= 11 is 0. The topological polar surface area (TPSA) is 40.5 Å². The average molecular weight is 198 g/mol. The van der Waals surface area contributed by atoms with E-state index in [-0.39, 0.29) is 5.75 Å². The van der Waals surface area contributed by atoms with E-state index in [2.05, 4.69) is 0 Å². The number of rotatable bonds is 0. The van der Waals surface area contributed by atoms with Crippen LogP contribution in [0.3, 0.4) is 0 Å². The first-order chi connectivity index (χ1) is 7.19. The molecule has 15 heavy (non-hydrogen) atoms. The summed E-state index contributed by atoms with van der Waals surface area (Å²) in [6.07, 6.45) is 9.09. The predicted octanol–water partition coefficient (Wildman–Crippen LogP) is 2.10. The highest BCUT2D eigenvalue weighted by molar-refractivity contribution is 5.89. The molecule has 0 saturated carbocycles. The Balaban J connectivity index is 2.28. The van der Waals surface area contributed by atoms with Crippen molar-refractivity contribution in [1.82, 2.24) is 0 Å². The van der Waals surface area contributed by atoms with Gasteiger partial charge >= 0.3 is 0 Å². The van der Waals surface area contributed by atoms with Gasteiger partial charge in [0.05, 0.1) is 0 Å². The Bertz CT molecular complexity index is 523. The van der Waals surface area contributed by atoms with Gasteiger partial charge in [0.2, 0.25) is 0 Å². The highest BCUT2D eigenvalue weighted by atomic mass is 16.3. The maximum atomic E-state index is 10.2. The molecule has 2 aliphatic rings. The van der Waals surface area contributed by atoms with E-state index in [9.17, 15) is 10.2 Å². The molecule has 74 valence electrons. The fourth-order valence-electron chi connectivity index (χ4n) is 2.10. The molecule has 1 aromatic carbocycles. The van der Waals surface area contributed by atoms with Gasteiger partial charge < -0.3 is 10.2 Å². The van der Waals surface area contributed by atoms with Gasteiger partial charge in [0.25, 0.3) is 0 Å². The van der Waals surface area contributed by atoms with Crippen LogP contribution < -0.4 is 0 Å². The first-order valence-corrected chi connectivity index (χ1v) is 4.84. The highest BCUT2D eigenvalue weighted by Gasteiger charge is 2.33. The Kier molecular flexibility index (Phi) is 1.48. The number of allylic oxidation sites excluding steroid dienone is 2. The lowest BCUT2D eigenvalue weighted by Crippen LogP contribution is -2.25. The van der Waals surface area contributed by atoms with Gasteiger partial charge in [-0.1, -0.05) is 24.3 Å². The van der Waals surface area contributed by atoms with Gasteiger partial charge in [0.1, 0.15) is 11.4 Å². The van der Waals surface area contributed by atoms with Gasteiger partial charge in [-0.15, -0.1) is 0 Å². The predicted molar refractivity (Wildman–Crippen MR) is 59.2 cm³/mol. The van der Waals surface area contributed by atoms with Gasteiger partial charge in [0.15, 0.2) is 0 Å². The van der Waals surface area contributed by atoms with Gasteiger partial charge in [0, 0.05) is 0 Å². The highest BCUT2D eigenvalue weighted by Crippen LogP contribution is 2.41. The maximum Gasteiger partial charge on any atom is 0.128 e. The number of hydrogen-bond acceptors (Lipinski definition) is 2. The van der Waals surface area contributed by atoms with Gasteiger partial charge in [-0.2, -0.15) is 0 Å². The van der Waals surface area contributed by atoms with E-state index in [1.54, 1.807) is 24.3 Å². The first-order valence-electron chi connectivity index (χ1n) is 4.84. The molecular weight excluding hydrogens is 188 g/mol. The van der Waals surface area contributed by atoms with E-state index in [1.807, 2.05) is 24.3 Å². The van der Waals surface area contributed by atoms with Crippen LogP contribution in [0.15, 0.2) is 42.5 Å². The van der Waals surface area contributed by atoms with Crippen molar-refractivity contribution in [3.8, 4) is 5.75 Å². The standard InChI is InChI=1S/C13H10O2/c14-10-4-3-9-5-7-13(15)6-1-2-12(13)11(9)8-10/h1-8,14-15H. The minimum absolute atomic E-state index is 0.221. The number of benzene rings is 1. The van der Waals surface area contributed by atoms with Crippen LogP contribution in [0.2, 0.25) is 0 Å². The summed E-state index contributed by atoms with van der Waals surface area (Å²) in [5.74, 6) is 0.221. The van der Waals surface area contributed by atoms with E-state index in [0.29, 0.717) is 0 Å². The lowest BCUT2D eigenvalue weighted by molar-refractivity contribution is 0.207. The van der Waals surface area contributed by atoms with Crippen molar-refractivity contribution in [3.05, 3.63) is 53.6 Å². The quantitative estimate of drug-likeness (QED) is 0.670. The minimum atomic E-state index is -0.985. The molecule has 2 aliphatic carbocycles. The van der Waals surface area contributed by atoms with Crippen LogP contribution in [-0.4, -0.2) is 15.8 Å². The van der Waals surface area contributed by atoms with Crippen molar-refractivity contribution in [2.45, 2.75) is 5.60 Å². The Labute approximate surface area is 87.5 Å². The zero-order valence-corrected chi connectivity index (χ0v) is 8.01. The molecule has 0 bridgehead atoms. The fourth-order valence-corrected chi connectivity index (χ4v) is 2.10. The molecule has 0 aliphatic heterocycles. The van der Waals surface area contributed by atoms with Crippen molar-refractivity contribution in [2.75, 3.05) is 0 Å². The monoisotopic (exact) mass is 198 g/mol. The molecular formula is C13H10O2. The second kappa shape index (κ2) is 2.61. The van der Waals surface area contributed by atoms with E-state index in [4.69, 9.17) is 0 Å². The van der Waals surface area contributed by atoms with Crippen molar-refractivity contribution >= 4 is 11.6 Å². The molecule has 1 atom stereocenters. The molecule has 0 heterocycles. The van der Waals surface area contributed by atoms with Crippen LogP contribution in [-0.2, 0) is 0 Å². The summed E-state index contributed by atoms with van der Waals surface area (Å²) in [4.78, 5) is 0. The van der Waals surface area contributed by atoms with Crippen LogP contribution in [0.5, 0.6) is 5.75 Å². The lowest BCUT2D eigenvalue weighted by atomic mass is 9.83. The normalized spacial score (nSPS) is 26.1. The average Bonchev–Trinajstić information content (AvgIpc) is 2.60. The van der Waals surface area contributed by atoms with Crippen molar-refractivity contribution in [1.29, 1.82) is 0 Å². The molecule has 0 spiro atoms. The smallest absolute Gasteiger partial charge is 0.128 e. The summed E-state index contributed by atoms with van der Waals surface area (Å²) in [7, 11) is 0. The molecule has 3 rings (SSSR count). The van der Waals surface area contributed by atoms with Crippen LogP contribution in [0.1, 0.15) is 11.1 Å². The second-order valence-corrected chi connectivity index (χ2v) is 3.87. The van der Waals surface area contributed by atoms with Crippen LogP contribution in [0.25, 0.3) is 11.6 Å². The fraction of sp³-hybridized carbons (Fsp3) is 0.0769. The van der Waals surface area contributed by atoms with Crippen LogP contribution in [0, 0.1) is 0 Å². The number of aliphatic hydroxyl groups is 1. The Hall–Kier alpha value is -1.80. The summed E-state index contributed by atoms with van der Waals surface area (Å²) in [5, 5.41) is 19.7. The summed E-state index contributed by atoms with van der Waals surface area (Å²) < 4.78 is 0. The van der Waals surface area contributed by atoms with E-state index < -0.39 is 5.60 Å². The molecule has 0 aromatic heterocycles. The molecule has 2 heteroatoms. The minimum Gasteiger partial charge on any atom is -0.508 e. The molecule has 1 unspecified atom stereocenters. The number of fused-ring (bicyclic) bond motifs is 3. The number of hydrogen-bond donors (Lipinski definition) is 2.